The molecule has 2 N–H and O–H groups in total. The standard InChI is InChI=1S/C16H18IN5S2/c1-9-8-13(24-22-9)20-16-19-12-6-7-23-14(12)15(21-16)18-11-4-2-10(17)3-5-11/h6-8,10-11H,2-5H2,1H3,(H2,18,19,20,21). The van der Waals surface area contributed by atoms with Gasteiger partial charge in [0.2, 0.25) is 5.95 Å². The maximum absolute atomic E-state index is 4.74. The van der Waals surface area contributed by atoms with Crippen LogP contribution in [0.2, 0.25) is 0 Å². The Balaban J connectivity index is 1.60. The second-order valence-electron chi connectivity index (χ2n) is 6.08. The summed E-state index contributed by atoms with van der Waals surface area (Å²) in [5.41, 5.74) is 2.00. The van der Waals surface area contributed by atoms with Crippen molar-refractivity contribution in [3.05, 3.63) is 23.2 Å². The van der Waals surface area contributed by atoms with E-state index in [1.807, 2.05) is 13.0 Å². The molecule has 8 heteroatoms. The number of aryl methyl sites for hydroxylation is 1. The molecule has 0 spiro atoms. The SMILES string of the molecule is Cc1cc(Nc2nc(NC3CCC(I)CC3)c3sccc3n2)sn1. The Morgan fingerprint density at radius 1 is 1.21 bits per heavy atom. The van der Waals surface area contributed by atoms with Gasteiger partial charge in [0.15, 0.2) is 0 Å². The van der Waals surface area contributed by atoms with Crippen molar-refractivity contribution in [2.45, 2.75) is 42.6 Å². The number of aromatic nitrogens is 3. The van der Waals surface area contributed by atoms with E-state index in [2.05, 4.69) is 54.0 Å². The highest BCUT2D eigenvalue weighted by molar-refractivity contribution is 14.1. The molecule has 4 rings (SSSR count). The van der Waals surface area contributed by atoms with Gasteiger partial charge < -0.3 is 10.6 Å². The van der Waals surface area contributed by atoms with E-state index in [9.17, 15) is 0 Å². The van der Waals surface area contributed by atoms with Crippen LogP contribution < -0.4 is 10.6 Å². The minimum atomic E-state index is 0.509. The number of alkyl halides is 1. The second kappa shape index (κ2) is 7.09. The maximum Gasteiger partial charge on any atom is 0.230 e. The van der Waals surface area contributed by atoms with Crippen molar-refractivity contribution >= 4 is 72.4 Å². The van der Waals surface area contributed by atoms with E-state index in [1.165, 1.54) is 37.2 Å². The zero-order valence-electron chi connectivity index (χ0n) is 13.3. The van der Waals surface area contributed by atoms with Crippen LogP contribution in [-0.4, -0.2) is 24.3 Å². The van der Waals surface area contributed by atoms with Gasteiger partial charge in [0, 0.05) is 9.97 Å². The highest BCUT2D eigenvalue weighted by Crippen LogP contribution is 2.32. The zero-order valence-corrected chi connectivity index (χ0v) is 17.0. The van der Waals surface area contributed by atoms with Gasteiger partial charge in [-0.1, -0.05) is 22.6 Å². The van der Waals surface area contributed by atoms with Crippen LogP contribution in [-0.2, 0) is 0 Å². The molecule has 1 saturated carbocycles. The van der Waals surface area contributed by atoms with Gasteiger partial charge in [0.25, 0.3) is 0 Å². The summed E-state index contributed by atoms with van der Waals surface area (Å²) in [7, 11) is 0. The van der Waals surface area contributed by atoms with Crippen LogP contribution in [0.4, 0.5) is 16.8 Å². The van der Waals surface area contributed by atoms with Crippen LogP contribution >= 0.6 is 45.5 Å². The molecule has 0 radical (unpaired) electrons. The average molecular weight is 471 g/mol. The summed E-state index contributed by atoms with van der Waals surface area (Å²) < 4.78 is 6.25. The normalized spacial score (nSPS) is 21.1. The molecule has 126 valence electrons. The minimum Gasteiger partial charge on any atom is -0.366 e. The summed E-state index contributed by atoms with van der Waals surface area (Å²) in [5.74, 6) is 1.59. The molecule has 0 saturated heterocycles. The van der Waals surface area contributed by atoms with E-state index >= 15 is 0 Å². The molecule has 0 aliphatic heterocycles. The Hall–Kier alpha value is -1.00. The largest absolute Gasteiger partial charge is 0.366 e. The summed E-state index contributed by atoms with van der Waals surface area (Å²) in [6.45, 7) is 1.99. The van der Waals surface area contributed by atoms with Gasteiger partial charge in [-0.05, 0) is 61.7 Å². The van der Waals surface area contributed by atoms with Gasteiger partial charge in [-0.3, -0.25) is 0 Å². The van der Waals surface area contributed by atoms with Crippen molar-refractivity contribution < 1.29 is 0 Å². The predicted octanol–water partition coefficient (Wildman–Crippen LogP) is 5.36. The lowest BCUT2D eigenvalue weighted by molar-refractivity contribution is 0.482. The fraction of sp³-hybridized carbons (Fsp3) is 0.438. The number of hydrogen-bond donors (Lipinski definition) is 2. The van der Waals surface area contributed by atoms with Crippen LogP contribution in [0.1, 0.15) is 31.4 Å². The van der Waals surface area contributed by atoms with E-state index in [1.54, 1.807) is 11.3 Å². The van der Waals surface area contributed by atoms with Crippen LogP contribution in [0.5, 0.6) is 0 Å². The lowest BCUT2D eigenvalue weighted by Gasteiger charge is -2.26. The highest BCUT2D eigenvalue weighted by Gasteiger charge is 2.21. The van der Waals surface area contributed by atoms with E-state index in [-0.39, 0.29) is 0 Å². The highest BCUT2D eigenvalue weighted by atomic mass is 127. The molecule has 24 heavy (non-hydrogen) atoms. The summed E-state index contributed by atoms with van der Waals surface area (Å²) in [6.07, 6.45) is 4.98. The van der Waals surface area contributed by atoms with Gasteiger partial charge in [-0.25, -0.2) is 4.98 Å². The van der Waals surface area contributed by atoms with E-state index in [0.717, 1.165) is 30.7 Å². The molecule has 0 atom stereocenters. The third kappa shape index (κ3) is 3.65. The monoisotopic (exact) mass is 471 g/mol. The molecule has 1 fully saturated rings. The number of nitrogens with zero attached hydrogens (tertiary/aromatic N) is 3. The first kappa shape index (κ1) is 16.5. The number of nitrogens with one attached hydrogen (secondary N) is 2. The number of rotatable bonds is 4. The first-order valence-electron chi connectivity index (χ1n) is 8.03. The van der Waals surface area contributed by atoms with E-state index in [4.69, 9.17) is 4.98 Å². The molecule has 0 bridgehead atoms. The summed E-state index contributed by atoms with van der Waals surface area (Å²) >= 11 is 5.69. The van der Waals surface area contributed by atoms with Crippen LogP contribution in [0, 0.1) is 6.92 Å². The second-order valence-corrected chi connectivity index (χ2v) is 9.56. The third-order valence-electron chi connectivity index (χ3n) is 4.16. The van der Waals surface area contributed by atoms with Crippen molar-refractivity contribution in [2.75, 3.05) is 10.6 Å². The molecule has 3 aromatic rings. The summed E-state index contributed by atoms with van der Waals surface area (Å²) in [4.78, 5) is 9.38. The Morgan fingerprint density at radius 2 is 2.04 bits per heavy atom. The first-order valence-corrected chi connectivity index (χ1v) is 10.9. The van der Waals surface area contributed by atoms with E-state index in [0.29, 0.717) is 12.0 Å². The quantitative estimate of drug-likeness (QED) is 0.397. The van der Waals surface area contributed by atoms with Crippen molar-refractivity contribution in [2.24, 2.45) is 0 Å². The molecular formula is C16H18IN5S2. The molecule has 0 unspecified atom stereocenters. The Kier molecular flexibility index (Phi) is 4.86. The summed E-state index contributed by atoms with van der Waals surface area (Å²) in [6, 6.07) is 4.58. The van der Waals surface area contributed by atoms with Gasteiger partial charge in [0.1, 0.15) is 10.8 Å². The molecule has 1 aliphatic carbocycles. The minimum absolute atomic E-state index is 0.509. The van der Waals surface area contributed by atoms with Crippen molar-refractivity contribution in [1.29, 1.82) is 0 Å². The average Bonchev–Trinajstić information content (AvgIpc) is 3.19. The van der Waals surface area contributed by atoms with Gasteiger partial charge >= 0.3 is 0 Å². The smallest absolute Gasteiger partial charge is 0.230 e. The van der Waals surface area contributed by atoms with Crippen molar-refractivity contribution in [3.63, 3.8) is 0 Å². The Morgan fingerprint density at radius 3 is 2.79 bits per heavy atom. The van der Waals surface area contributed by atoms with Gasteiger partial charge in [-0.15, -0.1) is 11.3 Å². The van der Waals surface area contributed by atoms with E-state index < -0.39 is 0 Å². The summed E-state index contributed by atoms with van der Waals surface area (Å²) in [5, 5.41) is 10.0. The molecule has 0 aromatic carbocycles. The lowest BCUT2D eigenvalue weighted by Crippen LogP contribution is -2.26. The Bertz CT molecular complexity index is 838. The third-order valence-corrected chi connectivity index (χ3v) is 7.12. The van der Waals surface area contributed by atoms with Crippen molar-refractivity contribution in [3.8, 4) is 0 Å². The molecule has 3 aromatic heterocycles. The molecule has 1 aliphatic rings. The Labute approximate surface area is 162 Å². The topological polar surface area (TPSA) is 62.7 Å². The number of thiophene rings is 1. The van der Waals surface area contributed by atoms with Crippen molar-refractivity contribution in [1.82, 2.24) is 14.3 Å². The molecule has 5 nitrogen and oxygen atoms in total. The van der Waals surface area contributed by atoms with Gasteiger partial charge in [0.05, 0.1) is 15.9 Å². The predicted molar refractivity (Wildman–Crippen MR) is 111 cm³/mol. The molecular weight excluding hydrogens is 453 g/mol. The molecule has 0 amide bonds. The fourth-order valence-corrected chi connectivity index (χ4v) is 5.10. The number of halogens is 1. The number of hydrogen-bond acceptors (Lipinski definition) is 7. The van der Waals surface area contributed by atoms with Crippen LogP contribution in [0.15, 0.2) is 17.5 Å². The lowest BCUT2D eigenvalue weighted by atomic mass is 9.95. The first-order chi connectivity index (χ1) is 11.7. The fourth-order valence-electron chi connectivity index (χ4n) is 2.94. The molecule has 3 heterocycles. The number of fused-ring (bicyclic) bond motifs is 1. The van der Waals surface area contributed by atoms with Crippen LogP contribution in [0.3, 0.4) is 0 Å². The number of anilines is 3. The zero-order chi connectivity index (χ0) is 16.5. The maximum atomic E-state index is 4.74. The van der Waals surface area contributed by atoms with Crippen LogP contribution in [0.25, 0.3) is 10.2 Å². The van der Waals surface area contributed by atoms with Gasteiger partial charge in [-0.2, -0.15) is 9.36 Å².